The largest absolute Gasteiger partial charge is 0.207 e. The van der Waals surface area contributed by atoms with Crippen molar-refractivity contribution in [2.75, 3.05) is 0 Å². The first-order valence-electron chi connectivity index (χ1n) is 7.08. The normalized spacial score (nSPS) is 10.9. The molecule has 0 nitrogen and oxygen atoms in total. The van der Waals surface area contributed by atoms with E-state index < -0.39 is 17.5 Å². The predicted octanol–water partition coefficient (Wildman–Crippen LogP) is 7.16. The summed E-state index contributed by atoms with van der Waals surface area (Å²) in [5, 5.41) is -0.0146. The van der Waals surface area contributed by atoms with E-state index in [4.69, 9.17) is 11.6 Å². The second-order valence-electron chi connectivity index (χ2n) is 5.38. The number of rotatable bonds is 2. The average Bonchev–Trinajstić information content (AvgIpc) is 2.55. The van der Waals surface area contributed by atoms with Gasteiger partial charge in [-0.15, -0.1) is 0 Å². The Morgan fingerprint density at radius 3 is 2.17 bits per heavy atom. The van der Waals surface area contributed by atoms with Crippen LogP contribution in [0.4, 0.5) is 13.2 Å². The maximum atomic E-state index is 14.8. The SMILES string of the molecule is Cc1ccc(-c2c(-c3ccc(Cl)c(F)c3)ccc(Br)c2F)cc1F. The van der Waals surface area contributed by atoms with E-state index in [1.807, 2.05) is 0 Å². The van der Waals surface area contributed by atoms with Crippen LogP contribution in [0.5, 0.6) is 0 Å². The van der Waals surface area contributed by atoms with Crippen molar-refractivity contribution in [3.63, 3.8) is 0 Å². The minimum Gasteiger partial charge on any atom is -0.207 e. The molecule has 0 spiro atoms. The third kappa shape index (κ3) is 3.08. The van der Waals surface area contributed by atoms with Crippen LogP contribution in [-0.4, -0.2) is 0 Å². The summed E-state index contributed by atoms with van der Waals surface area (Å²) in [4.78, 5) is 0. The van der Waals surface area contributed by atoms with E-state index in [9.17, 15) is 13.2 Å². The summed E-state index contributed by atoms with van der Waals surface area (Å²) in [7, 11) is 0. The summed E-state index contributed by atoms with van der Waals surface area (Å²) in [6.07, 6.45) is 0. The second-order valence-corrected chi connectivity index (χ2v) is 6.64. The molecule has 3 aromatic rings. The van der Waals surface area contributed by atoms with Gasteiger partial charge in [0.2, 0.25) is 0 Å². The van der Waals surface area contributed by atoms with Crippen LogP contribution in [0.15, 0.2) is 53.0 Å². The molecule has 122 valence electrons. The van der Waals surface area contributed by atoms with Gasteiger partial charge in [0, 0.05) is 5.56 Å². The third-order valence-corrected chi connectivity index (χ3v) is 4.70. The Labute approximate surface area is 151 Å². The van der Waals surface area contributed by atoms with E-state index in [2.05, 4.69) is 15.9 Å². The van der Waals surface area contributed by atoms with Crippen LogP contribution in [0.3, 0.4) is 0 Å². The van der Waals surface area contributed by atoms with Crippen LogP contribution in [0.2, 0.25) is 5.02 Å². The standard InChI is InChI=1S/C19H11BrClF3/c1-10-2-3-12(9-16(10)22)18-13(5-6-14(20)19(18)24)11-4-7-15(21)17(23)8-11/h2-9H,1H3. The first kappa shape index (κ1) is 17.1. The zero-order valence-electron chi connectivity index (χ0n) is 12.5. The Hall–Kier alpha value is -1.78. The highest BCUT2D eigenvalue weighted by Crippen LogP contribution is 2.38. The second kappa shape index (κ2) is 6.61. The minimum absolute atomic E-state index is 0.0146. The lowest BCUT2D eigenvalue weighted by molar-refractivity contribution is 0.616. The van der Waals surface area contributed by atoms with Crippen LogP contribution in [0.25, 0.3) is 22.3 Å². The van der Waals surface area contributed by atoms with E-state index in [1.165, 1.54) is 24.3 Å². The summed E-state index contributed by atoms with van der Waals surface area (Å²) >= 11 is 8.86. The molecule has 24 heavy (non-hydrogen) atoms. The van der Waals surface area contributed by atoms with Crippen molar-refractivity contribution < 1.29 is 13.2 Å². The maximum Gasteiger partial charge on any atom is 0.145 e. The molecule has 0 aromatic heterocycles. The van der Waals surface area contributed by atoms with Gasteiger partial charge in [0.15, 0.2) is 0 Å². The first-order valence-corrected chi connectivity index (χ1v) is 8.25. The van der Waals surface area contributed by atoms with Gasteiger partial charge in [0.25, 0.3) is 0 Å². The van der Waals surface area contributed by atoms with E-state index in [0.29, 0.717) is 22.3 Å². The van der Waals surface area contributed by atoms with E-state index in [0.717, 1.165) is 0 Å². The Morgan fingerprint density at radius 1 is 0.833 bits per heavy atom. The van der Waals surface area contributed by atoms with E-state index in [-0.39, 0.29) is 15.1 Å². The molecule has 0 aliphatic heterocycles. The Kier molecular flexibility index (Phi) is 4.70. The van der Waals surface area contributed by atoms with Crippen molar-refractivity contribution in [2.45, 2.75) is 6.92 Å². The molecular formula is C19H11BrClF3. The number of hydrogen-bond donors (Lipinski definition) is 0. The molecule has 0 saturated carbocycles. The lowest BCUT2D eigenvalue weighted by Gasteiger charge is -2.14. The third-order valence-electron chi connectivity index (χ3n) is 3.79. The van der Waals surface area contributed by atoms with Gasteiger partial charge < -0.3 is 0 Å². The van der Waals surface area contributed by atoms with Crippen molar-refractivity contribution >= 4 is 27.5 Å². The highest BCUT2D eigenvalue weighted by Gasteiger charge is 2.17. The van der Waals surface area contributed by atoms with Gasteiger partial charge in [-0.2, -0.15) is 0 Å². The number of halogens is 5. The molecule has 0 aliphatic rings. The minimum atomic E-state index is -0.599. The molecule has 0 heterocycles. The van der Waals surface area contributed by atoms with Gasteiger partial charge >= 0.3 is 0 Å². The molecule has 5 heteroatoms. The molecule has 3 aromatic carbocycles. The average molecular weight is 412 g/mol. The van der Waals surface area contributed by atoms with Gasteiger partial charge in [-0.3, -0.25) is 0 Å². The summed E-state index contributed by atoms with van der Waals surface area (Å²) in [5.41, 5.74) is 1.95. The lowest BCUT2D eigenvalue weighted by Crippen LogP contribution is -1.94. The van der Waals surface area contributed by atoms with Crippen LogP contribution in [-0.2, 0) is 0 Å². The van der Waals surface area contributed by atoms with Crippen molar-refractivity contribution in [3.05, 3.63) is 81.0 Å². The molecule has 0 atom stereocenters. The molecule has 0 unspecified atom stereocenters. The van der Waals surface area contributed by atoms with Crippen LogP contribution < -0.4 is 0 Å². The van der Waals surface area contributed by atoms with Gasteiger partial charge in [-0.05, 0) is 69.4 Å². The molecule has 0 fully saturated rings. The van der Waals surface area contributed by atoms with Gasteiger partial charge in [0.05, 0.1) is 9.50 Å². The molecule has 0 N–H and O–H groups in total. The fraction of sp³-hybridized carbons (Fsp3) is 0.0526. The molecule has 3 rings (SSSR count). The van der Waals surface area contributed by atoms with Crippen molar-refractivity contribution in [1.29, 1.82) is 0 Å². The van der Waals surface area contributed by atoms with Crippen LogP contribution in [0, 0.1) is 24.4 Å². The van der Waals surface area contributed by atoms with Gasteiger partial charge in [-0.1, -0.05) is 35.9 Å². The molecule has 0 bridgehead atoms. The van der Waals surface area contributed by atoms with Gasteiger partial charge in [-0.25, -0.2) is 13.2 Å². The number of hydrogen-bond acceptors (Lipinski definition) is 0. The van der Waals surface area contributed by atoms with E-state index in [1.54, 1.807) is 31.2 Å². The summed E-state index contributed by atoms with van der Waals surface area (Å²) in [6.45, 7) is 1.63. The van der Waals surface area contributed by atoms with Crippen LogP contribution >= 0.6 is 27.5 Å². The smallest absolute Gasteiger partial charge is 0.145 e. The van der Waals surface area contributed by atoms with Gasteiger partial charge in [0.1, 0.15) is 17.5 Å². The summed E-state index contributed by atoms with van der Waals surface area (Å²) in [6, 6.07) is 11.9. The topological polar surface area (TPSA) is 0 Å². The molecule has 0 radical (unpaired) electrons. The fourth-order valence-electron chi connectivity index (χ4n) is 2.49. The molecule has 0 aliphatic carbocycles. The van der Waals surface area contributed by atoms with E-state index >= 15 is 0 Å². The van der Waals surface area contributed by atoms with Crippen LogP contribution in [0.1, 0.15) is 5.56 Å². The highest BCUT2D eigenvalue weighted by atomic mass is 79.9. The zero-order chi connectivity index (χ0) is 17.4. The lowest BCUT2D eigenvalue weighted by atomic mass is 9.93. The van der Waals surface area contributed by atoms with Crippen molar-refractivity contribution in [1.82, 2.24) is 0 Å². The molecule has 0 amide bonds. The summed E-state index contributed by atoms with van der Waals surface area (Å²) in [5.74, 6) is -1.57. The molecular weight excluding hydrogens is 401 g/mol. The molecule has 0 saturated heterocycles. The Balaban J connectivity index is 2.29. The number of aryl methyl sites for hydroxylation is 1. The van der Waals surface area contributed by atoms with Crippen molar-refractivity contribution in [2.24, 2.45) is 0 Å². The highest BCUT2D eigenvalue weighted by molar-refractivity contribution is 9.10. The Bertz CT molecular complexity index is 938. The Morgan fingerprint density at radius 2 is 1.50 bits per heavy atom. The summed E-state index contributed by atoms with van der Waals surface area (Å²) < 4.78 is 42.7. The quantitative estimate of drug-likeness (QED) is 0.419. The first-order chi connectivity index (χ1) is 11.4. The predicted molar refractivity (Wildman–Crippen MR) is 94.6 cm³/mol. The maximum absolute atomic E-state index is 14.8. The fourth-order valence-corrected chi connectivity index (χ4v) is 2.93. The monoisotopic (exact) mass is 410 g/mol. The zero-order valence-corrected chi connectivity index (χ0v) is 14.9. The van der Waals surface area contributed by atoms with Crippen molar-refractivity contribution in [3.8, 4) is 22.3 Å². The number of benzene rings is 3.